The molecule has 1 atom stereocenters. The maximum Gasteiger partial charge on any atom is 0.153 e. The van der Waals surface area contributed by atoms with E-state index >= 15 is 0 Å². The van der Waals surface area contributed by atoms with Crippen LogP contribution < -0.4 is 10.5 Å². The summed E-state index contributed by atoms with van der Waals surface area (Å²) in [6.07, 6.45) is 2.04. The predicted octanol–water partition coefficient (Wildman–Crippen LogP) is 2.88. The average molecular weight is 254 g/mol. The normalized spacial score (nSPS) is 11.9. The lowest BCUT2D eigenvalue weighted by molar-refractivity contribution is -0.120. The van der Waals surface area contributed by atoms with Gasteiger partial charge >= 0.3 is 0 Å². The van der Waals surface area contributed by atoms with Crippen LogP contribution in [-0.2, 0) is 4.79 Å². The van der Waals surface area contributed by atoms with Crippen molar-refractivity contribution in [1.82, 2.24) is 0 Å². The van der Waals surface area contributed by atoms with E-state index in [0.29, 0.717) is 29.4 Å². The molecule has 0 aliphatic heterocycles. The molecule has 0 fully saturated rings. The van der Waals surface area contributed by atoms with Gasteiger partial charge in [0.15, 0.2) is 5.78 Å². The van der Waals surface area contributed by atoms with E-state index in [9.17, 15) is 4.79 Å². The smallest absolute Gasteiger partial charge is 0.153 e. The Labute approximate surface area is 106 Å². The molecule has 0 amide bonds. The zero-order valence-corrected chi connectivity index (χ0v) is 10.5. The Kier molecular flexibility index (Phi) is 5.19. The van der Waals surface area contributed by atoms with Crippen LogP contribution >= 0.6 is 11.6 Å². The number of hydrogen-bond donors (Lipinski definition) is 1. The van der Waals surface area contributed by atoms with E-state index in [1.807, 2.05) is 0 Å². The molecule has 0 bridgehead atoms. The van der Waals surface area contributed by atoms with Gasteiger partial charge in [-0.15, -0.1) is 0 Å². The van der Waals surface area contributed by atoms with Gasteiger partial charge in [-0.05, 0) is 17.7 Å². The maximum atomic E-state index is 11.5. The molecule has 1 aromatic carbocycles. The molecule has 0 aliphatic carbocycles. The highest BCUT2D eigenvalue weighted by Gasteiger charge is 2.17. The Hall–Kier alpha value is -1.32. The first kappa shape index (κ1) is 13.7. The fraction of sp³-hybridized carbons (Fsp3) is 0.308. The van der Waals surface area contributed by atoms with Crippen molar-refractivity contribution >= 4 is 17.4 Å². The number of benzene rings is 1. The topological polar surface area (TPSA) is 52.3 Å². The van der Waals surface area contributed by atoms with Crippen LogP contribution in [0, 0.1) is 0 Å². The molecular formula is C13H16ClNO2. The van der Waals surface area contributed by atoms with E-state index in [0.717, 1.165) is 0 Å². The quantitative estimate of drug-likeness (QED) is 0.793. The Morgan fingerprint density at radius 2 is 2.35 bits per heavy atom. The zero-order chi connectivity index (χ0) is 12.8. The molecule has 0 radical (unpaired) electrons. The molecule has 2 N–H and O–H groups in total. The lowest BCUT2D eigenvalue weighted by Gasteiger charge is -2.13. The number of ether oxygens (including phenoxy) is 1. The molecule has 4 heteroatoms. The second kappa shape index (κ2) is 6.42. The molecule has 0 aromatic heterocycles. The van der Waals surface area contributed by atoms with Crippen LogP contribution in [0.2, 0.25) is 5.02 Å². The zero-order valence-electron chi connectivity index (χ0n) is 9.78. The van der Waals surface area contributed by atoms with Gasteiger partial charge in [0.05, 0.1) is 6.04 Å². The van der Waals surface area contributed by atoms with E-state index in [1.165, 1.54) is 0 Å². The number of carbonyl (C=O) groups excluding carboxylic acids is 1. The third-order valence-electron chi connectivity index (χ3n) is 2.37. The minimum atomic E-state index is -0.666. The van der Waals surface area contributed by atoms with Crippen LogP contribution in [0.15, 0.2) is 30.9 Å². The molecule has 0 heterocycles. The number of halogens is 1. The van der Waals surface area contributed by atoms with E-state index in [4.69, 9.17) is 22.1 Å². The number of ketones is 1. The van der Waals surface area contributed by atoms with Crippen LogP contribution in [0.5, 0.6) is 5.75 Å². The van der Waals surface area contributed by atoms with Crippen molar-refractivity contribution in [3.05, 3.63) is 41.4 Å². The first-order chi connectivity index (χ1) is 8.10. The number of nitrogens with two attached hydrogens (primary N) is 1. The molecular weight excluding hydrogens is 238 g/mol. The van der Waals surface area contributed by atoms with Gasteiger partial charge in [-0.3, -0.25) is 4.79 Å². The van der Waals surface area contributed by atoms with Crippen LogP contribution in [0.1, 0.15) is 24.9 Å². The van der Waals surface area contributed by atoms with Crippen molar-refractivity contribution in [2.24, 2.45) is 5.73 Å². The molecule has 17 heavy (non-hydrogen) atoms. The monoisotopic (exact) mass is 253 g/mol. The molecule has 0 spiro atoms. The maximum absolute atomic E-state index is 11.5. The Bertz CT molecular complexity index is 418. The SMILES string of the molecule is C=CCOc1ccc(C(N)C(=O)CC)c(Cl)c1. The minimum absolute atomic E-state index is 0.0355. The molecule has 0 saturated carbocycles. The average Bonchev–Trinajstić information content (AvgIpc) is 2.34. The van der Waals surface area contributed by atoms with Crippen LogP contribution in [0.25, 0.3) is 0 Å². The summed E-state index contributed by atoms with van der Waals surface area (Å²) in [5.41, 5.74) is 6.44. The van der Waals surface area contributed by atoms with E-state index in [1.54, 1.807) is 31.2 Å². The summed E-state index contributed by atoms with van der Waals surface area (Å²) in [5, 5.41) is 0.445. The fourth-order valence-corrected chi connectivity index (χ4v) is 1.69. The van der Waals surface area contributed by atoms with E-state index < -0.39 is 6.04 Å². The second-order valence-electron chi connectivity index (χ2n) is 3.58. The summed E-state index contributed by atoms with van der Waals surface area (Å²) in [7, 11) is 0. The third-order valence-corrected chi connectivity index (χ3v) is 2.70. The van der Waals surface area contributed by atoms with Gasteiger partial charge in [0, 0.05) is 11.4 Å². The van der Waals surface area contributed by atoms with Gasteiger partial charge in [0.2, 0.25) is 0 Å². The van der Waals surface area contributed by atoms with Gasteiger partial charge in [-0.1, -0.05) is 37.2 Å². The second-order valence-corrected chi connectivity index (χ2v) is 3.99. The van der Waals surface area contributed by atoms with Crippen molar-refractivity contribution in [1.29, 1.82) is 0 Å². The lowest BCUT2D eigenvalue weighted by Crippen LogP contribution is -2.20. The first-order valence-corrected chi connectivity index (χ1v) is 5.79. The van der Waals surface area contributed by atoms with Crippen LogP contribution in [-0.4, -0.2) is 12.4 Å². The number of Topliss-reactive ketones (excluding diaryl/α,β-unsaturated/α-hetero) is 1. The highest BCUT2D eigenvalue weighted by molar-refractivity contribution is 6.31. The van der Waals surface area contributed by atoms with Gasteiger partial charge in [-0.2, -0.15) is 0 Å². The molecule has 92 valence electrons. The predicted molar refractivity (Wildman–Crippen MR) is 69.4 cm³/mol. The Morgan fingerprint density at radius 3 is 2.88 bits per heavy atom. The summed E-state index contributed by atoms with van der Waals surface area (Å²) < 4.78 is 5.33. The van der Waals surface area contributed by atoms with Crippen molar-refractivity contribution in [3.63, 3.8) is 0 Å². The lowest BCUT2D eigenvalue weighted by atomic mass is 10.0. The van der Waals surface area contributed by atoms with Gasteiger partial charge in [-0.25, -0.2) is 0 Å². The highest BCUT2D eigenvalue weighted by atomic mass is 35.5. The van der Waals surface area contributed by atoms with Crippen LogP contribution in [0.4, 0.5) is 0 Å². The summed E-state index contributed by atoms with van der Waals surface area (Å²) >= 11 is 6.07. The Morgan fingerprint density at radius 1 is 1.65 bits per heavy atom. The van der Waals surface area contributed by atoms with Crippen molar-refractivity contribution in [3.8, 4) is 5.75 Å². The standard InChI is InChI=1S/C13H16ClNO2/c1-3-7-17-9-5-6-10(11(14)8-9)13(15)12(16)4-2/h3,5-6,8,13H,1,4,7,15H2,2H3. The van der Waals surface area contributed by atoms with Gasteiger partial charge in [0.25, 0.3) is 0 Å². The molecule has 0 aliphatic rings. The molecule has 0 saturated heterocycles. The first-order valence-electron chi connectivity index (χ1n) is 5.41. The molecule has 1 rings (SSSR count). The van der Waals surface area contributed by atoms with Crippen LogP contribution in [0.3, 0.4) is 0 Å². The largest absolute Gasteiger partial charge is 0.490 e. The number of hydrogen-bond acceptors (Lipinski definition) is 3. The number of rotatable bonds is 6. The third kappa shape index (κ3) is 3.58. The molecule has 1 aromatic rings. The summed E-state index contributed by atoms with van der Waals surface area (Å²) in [4.78, 5) is 11.5. The van der Waals surface area contributed by atoms with Gasteiger partial charge < -0.3 is 10.5 Å². The van der Waals surface area contributed by atoms with Gasteiger partial charge in [0.1, 0.15) is 12.4 Å². The van der Waals surface area contributed by atoms with Crippen molar-refractivity contribution < 1.29 is 9.53 Å². The van der Waals surface area contributed by atoms with E-state index in [-0.39, 0.29) is 5.78 Å². The number of carbonyl (C=O) groups is 1. The summed E-state index contributed by atoms with van der Waals surface area (Å²) in [5.74, 6) is 0.599. The summed E-state index contributed by atoms with van der Waals surface area (Å²) in [6.45, 7) is 5.74. The fourth-order valence-electron chi connectivity index (χ4n) is 1.40. The van der Waals surface area contributed by atoms with Crippen molar-refractivity contribution in [2.45, 2.75) is 19.4 Å². The minimum Gasteiger partial charge on any atom is -0.490 e. The Balaban J connectivity index is 2.89. The molecule has 1 unspecified atom stereocenters. The summed E-state index contributed by atoms with van der Waals surface area (Å²) in [6, 6.07) is 4.45. The molecule has 3 nitrogen and oxygen atoms in total. The highest BCUT2D eigenvalue weighted by Crippen LogP contribution is 2.27. The van der Waals surface area contributed by atoms with Crippen molar-refractivity contribution in [2.75, 3.05) is 6.61 Å². The van der Waals surface area contributed by atoms with E-state index in [2.05, 4.69) is 6.58 Å².